The number of aryl methyl sites for hydroxylation is 1. The highest BCUT2D eigenvalue weighted by Gasteiger charge is 2.44. The predicted molar refractivity (Wildman–Crippen MR) is 75.2 cm³/mol. The number of hydrogen-bond donors (Lipinski definition) is 0. The number of nitrogens with zero attached hydrogens (tertiary/aromatic N) is 3. The second kappa shape index (κ2) is 5.20. The smallest absolute Gasteiger partial charge is 0.230 e. The maximum absolute atomic E-state index is 12.4. The first-order valence-electron chi connectivity index (χ1n) is 7.41. The lowest BCUT2D eigenvalue weighted by Crippen LogP contribution is -2.37. The third-order valence-electron chi connectivity index (χ3n) is 4.58. The number of likely N-dealkylation sites (tertiary alicyclic amines) is 1. The average molecular weight is 277 g/mol. The van der Waals surface area contributed by atoms with Crippen molar-refractivity contribution in [3.05, 3.63) is 17.5 Å². The lowest BCUT2D eigenvalue weighted by atomic mass is 9.97. The first-order valence-corrected chi connectivity index (χ1v) is 7.41. The van der Waals surface area contributed by atoms with Crippen molar-refractivity contribution in [2.75, 3.05) is 27.2 Å². The van der Waals surface area contributed by atoms with Crippen LogP contribution in [0.3, 0.4) is 0 Å². The maximum Gasteiger partial charge on any atom is 0.230 e. The largest absolute Gasteiger partial charge is 0.361 e. The topological polar surface area (TPSA) is 49.6 Å². The molecule has 20 heavy (non-hydrogen) atoms. The van der Waals surface area contributed by atoms with Crippen molar-refractivity contribution >= 4 is 5.91 Å². The highest BCUT2D eigenvalue weighted by Crippen LogP contribution is 2.42. The molecule has 1 aliphatic heterocycles. The molecule has 0 unspecified atom stereocenters. The minimum atomic E-state index is 0.163. The number of carbonyl (C=O) groups is 1. The molecule has 2 fully saturated rings. The molecule has 1 amide bonds. The summed E-state index contributed by atoms with van der Waals surface area (Å²) in [6, 6.07) is 2.35. The molecule has 1 saturated carbocycles. The normalized spacial score (nSPS) is 26.5. The molecule has 0 bridgehead atoms. The fourth-order valence-electron chi connectivity index (χ4n) is 3.31. The Kier molecular flexibility index (Phi) is 3.54. The lowest BCUT2D eigenvalue weighted by Gasteiger charge is -2.24. The van der Waals surface area contributed by atoms with E-state index in [4.69, 9.17) is 4.52 Å². The van der Waals surface area contributed by atoms with Gasteiger partial charge in [0.25, 0.3) is 0 Å². The van der Waals surface area contributed by atoms with Crippen molar-refractivity contribution in [1.29, 1.82) is 0 Å². The zero-order valence-electron chi connectivity index (χ0n) is 12.5. The van der Waals surface area contributed by atoms with Crippen LogP contribution in [-0.4, -0.2) is 54.1 Å². The highest BCUT2D eigenvalue weighted by atomic mass is 16.5. The molecule has 0 spiro atoms. The quantitative estimate of drug-likeness (QED) is 0.833. The zero-order chi connectivity index (χ0) is 14.3. The third-order valence-corrected chi connectivity index (χ3v) is 4.58. The molecule has 5 nitrogen and oxygen atoms in total. The molecule has 0 radical (unpaired) electrons. The van der Waals surface area contributed by atoms with Crippen molar-refractivity contribution < 1.29 is 9.32 Å². The van der Waals surface area contributed by atoms with Crippen LogP contribution < -0.4 is 0 Å². The van der Waals surface area contributed by atoms with Gasteiger partial charge in [0.1, 0.15) is 5.76 Å². The molecule has 1 aromatic heterocycles. The SMILES string of the molecule is Cc1cc(CC(=O)N2C[C@H](C3CC3)[C@@H](N(C)C)C2)on1. The summed E-state index contributed by atoms with van der Waals surface area (Å²) < 4.78 is 5.15. The summed E-state index contributed by atoms with van der Waals surface area (Å²) in [5.41, 5.74) is 0.830. The average Bonchev–Trinajstić information content (AvgIpc) is 3.00. The molecule has 1 saturated heterocycles. The van der Waals surface area contributed by atoms with Crippen LogP contribution in [0.25, 0.3) is 0 Å². The van der Waals surface area contributed by atoms with Crippen molar-refractivity contribution in [2.24, 2.45) is 11.8 Å². The maximum atomic E-state index is 12.4. The standard InChI is InChI=1S/C15H23N3O2/c1-10-6-12(20-16-10)7-15(19)18-8-13(11-4-5-11)14(9-18)17(2)3/h6,11,13-14H,4-5,7-9H2,1-3H3/t13-,14+/m1/s1. The minimum absolute atomic E-state index is 0.163. The molecular weight excluding hydrogens is 254 g/mol. The second-order valence-electron chi connectivity index (χ2n) is 6.44. The Labute approximate surface area is 119 Å². The Morgan fingerprint density at radius 2 is 2.20 bits per heavy atom. The van der Waals surface area contributed by atoms with Crippen LogP contribution in [-0.2, 0) is 11.2 Å². The van der Waals surface area contributed by atoms with Crippen molar-refractivity contribution in [3.63, 3.8) is 0 Å². The number of carbonyl (C=O) groups excluding carboxylic acids is 1. The summed E-state index contributed by atoms with van der Waals surface area (Å²) in [5.74, 6) is 2.30. The monoisotopic (exact) mass is 277 g/mol. The van der Waals surface area contributed by atoms with Crippen LogP contribution in [0, 0.1) is 18.8 Å². The van der Waals surface area contributed by atoms with Crippen molar-refractivity contribution in [3.8, 4) is 0 Å². The van der Waals surface area contributed by atoms with Gasteiger partial charge < -0.3 is 14.3 Å². The van der Waals surface area contributed by atoms with Gasteiger partial charge >= 0.3 is 0 Å². The summed E-state index contributed by atoms with van der Waals surface area (Å²) in [5, 5.41) is 3.84. The van der Waals surface area contributed by atoms with Gasteiger partial charge in [-0.2, -0.15) is 0 Å². The number of amides is 1. The molecule has 110 valence electrons. The zero-order valence-corrected chi connectivity index (χ0v) is 12.5. The molecule has 2 atom stereocenters. The fraction of sp³-hybridized carbons (Fsp3) is 0.733. The molecular formula is C15H23N3O2. The molecule has 3 rings (SSSR count). The van der Waals surface area contributed by atoms with E-state index in [1.807, 2.05) is 17.9 Å². The minimum Gasteiger partial charge on any atom is -0.361 e. The Balaban J connectivity index is 1.63. The second-order valence-corrected chi connectivity index (χ2v) is 6.44. The van der Waals surface area contributed by atoms with E-state index in [-0.39, 0.29) is 5.91 Å². The van der Waals surface area contributed by atoms with Crippen LogP contribution >= 0.6 is 0 Å². The van der Waals surface area contributed by atoms with E-state index in [1.165, 1.54) is 12.8 Å². The summed E-state index contributed by atoms with van der Waals surface area (Å²) in [4.78, 5) is 16.7. The Bertz CT molecular complexity index is 483. The van der Waals surface area contributed by atoms with Gasteiger partial charge in [0.05, 0.1) is 12.1 Å². The van der Waals surface area contributed by atoms with Gasteiger partial charge in [-0.25, -0.2) is 0 Å². The Hall–Kier alpha value is -1.36. The van der Waals surface area contributed by atoms with Crippen LogP contribution in [0.15, 0.2) is 10.6 Å². The van der Waals surface area contributed by atoms with Crippen LogP contribution in [0.4, 0.5) is 0 Å². The first kappa shape index (κ1) is 13.6. The van der Waals surface area contributed by atoms with E-state index in [0.29, 0.717) is 24.1 Å². The van der Waals surface area contributed by atoms with Gasteiger partial charge in [-0.3, -0.25) is 4.79 Å². The van der Waals surface area contributed by atoms with Gasteiger partial charge in [-0.1, -0.05) is 5.16 Å². The summed E-state index contributed by atoms with van der Waals surface area (Å²) in [6.07, 6.45) is 3.00. The molecule has 2 aliphatic rings. The number of rotatable bonds is 4. The summed E-state index contributed by atoms with van der Waals surface area (Å²) in [6.45, 7) is 3.62. The van der Waals surface area contributed by atoms with Crippen LogP contribution in [0.2, 0.25) is 0 Å². The van der Waals surface area contributed by atoms with Gasteiger partial charge in [0.2, 0.25) is 5.91 Å². The molecule has 2 heterocycles. The van der Waals surface area contributed by atoms with Gasteiger partial charge in [0, 0.05) is 25.2 Å². The summed E-state index contributed by atoms with van der Waals surface area (Å²) >= 11 is 0. The van der Waals surface area contributed by atoms with E-state index in [1.54, 1.807) is 0 Å². The molecule has 1 aromatic rings. The lowest BCUT2D eigenvalue weighted by molar-refractivity contribution is -0.130. The fourth-order valence-corrected chi connectivity index (χ4v) is 3.31. The predicted octanol–water partition coefficient (Wildman–Crippen LogP) is 1.32. The van der Waals surface area contributed by atoms with Crippen molar-refractivity contribution in [1.82, 2.24) is 15.0 Å². The van der Waals surface area contributed by atoms with E-state index in [2.05, 4.69) is 24.2 Å². The van der Waals surface area contributed by atoms with Crippen molar-refractivity contribution in [2.45, 2.75) is 32.2 Å². The van der Waals surface area contributed by atoms with E-state index in [0.717, 1.165) is 24.7 Å². The molecule has 5 heteroatoms. The van der Waals surface area contributed by atoms with E-state index in [9.17, 15) is 4.79 Å². The Morgan fingerprint density at radius 1 is 1.45 bits per heavy atom. The van der Waals surface area contributed by atoms with E-state index < -0.39 is 0 Å². The molecule has 0 aromatic carbocycles. The first-order chi connectivity index (χ1) is 9.54. The van der Waals surface area contributed by atoms with Gasteiger partial charge in [-0.05, 0) is 45.7 Å². The molecule has 0 N–H and O–H groups in total. The third kappa shape index (κ3) is 2.73. The van der Waals surface area contributed by atoms with Crippen LogP contribution in [0.1, 0.15) is 24.3 Å². The number of aromatic nitrogens is 1. The highest BCUT2D eigenvalue weighted by molar-refractivity contribution is 5.78. The van der Waals surface area contributed by atoms with Crippen LogP contribution in [0.5, 0.6) is 0 Å². The molecule has 1 aliphatic carbocycles. The number of hydrogen-bond acceptors (Lipinski definition) is 4. The Morgan fingerprint density at radius 3 is 2.75 bits per heavy atom. The van der Waals surface area contributed by atoms with E-state index >= 15 is 0 Å². The number of likely N-dealkylation sites (N-methyl/N-ethyl adjacent to an activating group) is 1. The van der Waals surface area contributed by atoms with Gasteiger partial charge in [-0.15, -0.1) is 0 Å². The summed E-state index contributed by atoms with van der Waals surface area (Å²) in [7, 11) is 4.24. The van der Waals surface area contributed by atoms with Gasteiger partial charge in [0.15, 0.2) is 0 Å².